The number of urea groups is 1. The van der Waals surface area contributed by atoms with Crippen LogP contribution in [0.25, 0.3) is 6.08 Å². The van der Waals surface area contributed by atoms with E-state index in [1.54, 1.807) is 13.2 Å². The van der Waals surface area contributed by atoms with Gasteiger partial charge < -0.3 is 30.3 Å². The number of nitrogens with one attached hydrogen (secondary N) is 2. The molecule has 1 aliphatic carbocycles. The first-order valence-corrected chi connectivity index (χ1v) is 10.9. The summed E-state index contributed by atoms with van der Waals surface area (Å²) in [5.41, 5.74) is 2.59. The molecule has 32 heavy (non-hydrogen) atoms. The van der Waals surface area contributed by atoms with Gasteiger partial charge in [0.25, 0.3) is 0 Å². The third-order valence-corrected chi connectivity index (χ3v) is 5.57. The minimum absolute atomic E-state index is 0.0571. The van der Waals surface area contributed by atoms with E-state index < -0.39 is 0 Å². The van der Waals surface area contributed by atoms with Gasteiger partial charge in [0, 0.05) is 32.1 Å². The Balaban J connectivity index is 1.58. The lowest BCUT2D eigenvalue weighted by Gasteiger charge is -2.27. The van der Waals surface area contributed by atoms with Crippen molar-refractivity contribution in [2.24, 2.45) is 5.92 Å². The minimum Gasteiger partial charge on any atom is -0.497 e. The molecule has 2 unspecified atom stereocenters. The summed E-state index contributed by atoms with van der Waals surface area (Å²) in [5.74, 6) is 0.493. The molecule has 1 fully saturated rings. The summed E-state index contributed by atoms with van der Waals surface area (Å²) in [4.78, 5) is 14.6. The standard InChI is InChI=1S/C24H33N3O5/c1-31-22-13-19(12-20(14-22)16-28)3-2-18-4-5-21(17-29)23(15-18)26-24(30)25-6-7-27-8-10-32-11-9-27/h2-5,12-15,21,23,28-29H,6-11,16-17H2,1H3,(H2,25,26,30)/b3-2-. The molecular weight excluding hydrogens is 410 g/mol. The van der Waals surface area contributed by atoms with Crippen molar-refractivity contribution in [3.8, 4) is 5.75 Å². The van der Waals surface area contributed by atoms with Crippen LogP contribution in [0.5, 0.6) is 5.75 Å². The van der Waals surface area contributed by atoms with E-state index in [4.69, 9.17) is 9.47 Å². The summed E-state index contributed by atoms with van der Waals surface area (Å²) in [7, 11) is 1.59. The fraction of sp³-hybridized carbons (Fsp3) is 0.458. The number of carbonyl (C=O) groups is 1. The molecule has 1 aliphatic heterocycles. The van der Waals surface area contributed by atoms with Gasteiger partial charge in [-0.25, -0.2) is 4.79 Å². The second kappa shape index (κ2) is 12.4. The van der Waals surface area contributed by atoms with Gasteiger partial charge in [-0.05, 0) is 34.9 Å². The molecule has 0 radical (unpaired) electrons. The van der Waals surface area contributed by atoms with Crippen LogP contribution in [0.3, 0.4) is 0 Å². The Morgan fingerprint density at radius 3 is 2.78 bits per heavy atom. The Bertz CT molecular complexity index is 824. The summed E-state index contributed by atoms with van der Waals surface area (Å²) in [6.45, 7) is 4.45. The number of ether oxygens (including phenoxy) is 2. The number of nitrogens with zero attached hydrogens (tertiary/aromatic N) is 1. The van der Waals surface area contributed by atoms with Gasteiger partial charge >= 0.3 is 6.03 Å². The summed E-state index contributed by atoms with van der Waals surface area (Å²) in [6.07, 6.45) is 9.63. The Morgan fingerprint density at radius 1 is 1.25 bits per heavy atom. The number of morpholine rings is 1. The summed E-state index contributed by atoms with van der Waals surface area (Å²) < 4.78 is 10.6. The van der Waals surface area contributed by atoms with Crippen LogP contribution >= 0.6 is 0 Å². The van der Waals surface area contributed by atoms with Crippen LogP contribution in [0.2, 0.25) is 0 Å². The monoisotopic (exact) mass is 443 g/mol. The predicted molar refractivity (Wildman–Crippen MR) is 123 cm³/mol. The predicted octanol–water partition coefficient (Wildman–Crippen LogP) is 1.31. The maximum absolute atomic E-state index is 12.4. The molecule has 8 nitrogen and oxygen atoms in total. The number of carbonyl (C=O) groups excluding carboxylic acids is 1. The molecule has 4 N–H and O–H groups in total. The number of rotatable bonds is 9. The van der Waals surface area contributed by atoms with Gasteiger partial charge in [0.15, 0.2) is 0 Å². The SMILES string of the molecule is COc1cc(/C=C\C2=CC(NC(=O)NCCN3CCOCC3)C(CO)C=C2)cc(CO)c1. The fourth-order valence-corrected chi connectivity index (χ4v) is 3.71. The molecule has 1 aromatic carbocycles. The number of aliphatic hydroxyl groups is 2. The first kappa shape index (κ1) is 24.0. The van der Waals surface area contributed by atoms with Gasteiger partial charge in [-0.1, -0.05) is 30.4 Å². The maximum Gasteiger partial charge on any atom is 0.315 e. The molecular formula is C24H33N3O5. The Hall–Kier alpha value is -2.65. The van der Waals surface area contributed by atoms with Gasteiger partial charge in [0.1, 0.15) is 5.75 Å². The van der Waals surface area contributed by atoms with Gasteiger partial charge in [-0.15, -0.1) is 0 Å². The molecule has 0 bridgehead atoms. The largest absolute Gasteiger partial charge is 0.497 e. The highest BCUT2D eigenvalue weighted by Gasteiger charge is 2.21. The molecule has 2 aliphatic rings. The van der Waals surface area contributed by atoms with Crippen molar-refractivity contribution >= 4 is 12.1 Å². The zero-order chi connectivity index (χ0) is 22.8. The summed E-state index contributed by atoms with van der Waals surface area (Å²) in [5, 5.41) is 25.0. The quantitative estimate of drug-likeness (QED) is 0.459. The maximum atomic E-state index is 12.4. The van der Waals surface area contributed by atoms with Crippen molar-refractivity contribution in [1.82, 2.24) is 15.5 Å². The molecule has 2 atom stereocenters. The third-order valence-electron chi connectivity index (χ3n) is 5.57. The van der Waals surface area contributed by atoms with E-state index in [0.29, 0.717) is 12.3 Å². The van der Waals surface area contributed by atoms with Crippen molar-refractivity contribution in [1.29, 1.82) is 0 Å². The Kier molecular flexibility index (Phi) is 9.30. The molecule has 3 rings (SSSR count). The van der Waals surface area contributed by atoms with Gasteiger partial charge in [-0.2, -0.15) is 0 Å². The number of allylic oxidation sites excluding steroid dienone is 3. The van der Waals surface area contributed by atoms with E-state index in [1.165, 1.54) is 0 Å². The Morgan fingerprint density at radius 2 is 2.06 bits per heavy atom. The van der Waals surface area contributed by atoms with Crippen LogP contribution in [0.15, 0.2) is 48.1 Å². The van der Waals surface area contributed by atoms with Crippen LogP contribution in [0.4, 0.5) is 4.79 Å². The third kappa shape index (κ3) is 7.20. The average molecular weight is 444 g/mol. The van der Waals surface area contributed by atoms with E-state index in [2.05, 4.69) is 15.5 Å². The van der Waals surface area contributed by atoms with Crippen LogP contribution < -0.4 is 15.4 Å². The van der Waals surface area contributed by atoms with Crippen LogP contribution in [0, 0.1) is 5.92 Å². The van der Waals surface area contributed by atoms with E-state index in [0.717, 1.165) is 49.5 Å². The number of hydrogen-bond donors (Lipinski definition) is 4. The molecule has 0 saturated carbocycles. The minimum atomic E-state index is -0.314. The number of amides is 2. The number of hydrogen-bond acceptors (Lipinski definition) is 6. The van der Waals surface area contributed by atoms with Gasteiger partial charge in [-0.3, -0.25) is 4.90 Å². The highest BCUT2D eigenvalue weighted by Crippen LogP contribution is 2.21. The molecule has 1 aromatic rings. The zero-order valence-electron chi connectivity index (χ0n) is 18.5. The average Bonchev–Trinajstić information content (AvgIpc) is 2.83. The van der Waals surface area contributed by atoms with E-state index in [9.17, 15) is 15.0 Å². The molecule has 0 spiro atoms. The number of benzene rings is 1. The molecule has 174 valence electrons. The van der Waals surface area contributed by atoms with Crippen molar-refractivity contribution in [3.05, 3.63) is 59.2 Å². The van der Waals surface area contributed by atoms with E-state index >= 15 is 0 Å². The molecule has 0 aromatic heterocycles. The number of aliphatic hydroxyl groups excluding tert-OH is 2. The highest BCUT2D eigenvalue weighted by molar-refractivity contribution is 5.74. The van der Waals surface area contributed by atoms with Gasteiger partial charge in [0.05, 0.1) is 39.6 Å². The van der Waals surface area contributed by atoms with Gasteiger partial charge in [0.2, 0.25) is 0 Å². The van der Waals surface area contributed by atoms with Crippen LogP contribution in [0.1, 0.15) is 11.1 Å². The topological polar surface area (TPSA) is 103 Å². The fourth-order valence-electron chi connectivity index (χ4n) is 3.71. The molecule has 8 heteroatoms. The van der Waals surface area contributed by atoms with Crippen molar-refractivity contribution in [2.45, 2.75) is 12.6 Å². The normalized spacial score (nSPS) is 21.4. The lowest BCUT2D eigenvalue weighted by molar-refractivity contribution is 0.0387. The number of methoxy groups -OCH3 is 1. The lowest BCUT2D eigenvalue weighted by atomic mass is 9.92. The molecule has 1 saturated heterocycles. The van der Waals surface area contributed by atoms with Crippen molar-refractivity contribution in [2.75, 3.05) is 53.1 Å². The first-order valence-electron chi connectivity index (χ1n) is 10.9. The smallest absolute Gasteiger partial charge is 0.315 e. The van der Waals surface area contributed by atoms with Crippen LogP contribution in [-0.4, -0.2) is 80.3 Å². The zero-order valence-corrected chi connectivity index (χ0v) is 18.5. The first-order chi connectivity index (χ1) is 15.6. The lowest BCUT2D eigenvalue weighted by Crippen LogP contribution is -2.48. The highest BCUT2D eigenvalue weighted by atomic mass is 16.5. The van der Waals surface area contributed by atoms with Crippen LogP contribution in [-0.2, 0) is 11.3 Å². The Labute approximate surface area is 189 Å². The van der Waals surface area contributed by atoms with Crippen molar-refractivity contribution < 1.29 is 24.5 Å². The summed E-state index contributed by atoms with van der Waals surface area (Å²) >= 11 is 0. The molecule has 1 heterocycles. The second-order valence-electron chi connectivity index (χ2n) is 7.86. The summed E-state index contributed by atoms with van der Waals surface area (Å²) in [6, 6.07) is 5.00. The van der Waals surface area contributed by atoms with Crippen molar-refractivity contribution in [3.63, 3.8) is 0 Å². The van der Waals surface area contributed by atoms with E-state index in [1.807, 2.05) is 42.5 Å². The van der Waals surface area contributed by atoms with E-state index in [-0.39, 0.29) is 31.2 Å². The molecule has 2 amide bonds. The second-order valence-corrected chi connectivity index (χ2v) is 7.86.